The highest BCUT2D eigenvalue weighted by Gasteiger charge is 2.46. The molecule has 0 spiro atoms. The van der Waals surface area contributed by atoms with Gasteiger partial charge in [-0.2, -0.15) is 0 Å². The number of amides is 1. The molecule has 40 heavy (non-hydrogen) atoms. The molecule has 4 aliphatic rings. The Morgan fingerprint density at radius 2 is 1.80 bits per heavy atom. The number of nitrogens with zero attached hydrogens (tertiary/aromatic N) is 3. The first kappa shape index (κ1) is 24.5. The van der Waals surface area contributed by atoms with E-state index >= 15 is 0 Å². The van der Waals surface area contributed by atoms with Gasteiger partial charge in [-0.25, -0.2) is 0 Å². The number of aromatic nitrogens is 1. The van der Waals surface area contributed by atoms with E-state index in [2.05, 4.69) is 46.7 Å². The van der Waals surface area contributed by atoms with Crippen molar-refractivity contribution in [3.8, 4) is 11.5 Å². The van der Waals surface area contributed by atoms with Gasteiger partial charge in [0, 0.05) is 71.9 Å². The molecule has 0 radical (unpaired) electrons. The third-order valence-electron chi connectivity index (χ3n) is 10.3. The molecular formula is C33H39N5O2. The summed E-state index contributed by atoms with van der Waals surface area (Å²) in [5.74, 6) is 2.15. The smallest absolute Gasteiger partial charge is 0.254 e. The first-order valence-electron chi connectivity index (χ1n) is 15.2. The molecule has 2 saturated carbocycles. The van der Waals surface area contributed by atoms with Crippen molar-refractivity contribution in [1.29, 1.82) is 0 Å². The summed E-state index contributed by atoms with van der Waals surface area (Å²) in [6.45, 7) is 5.95. The Kier molecular flexibility index (Phi) is 5.58. The van der Waals surface area contributed by atoms with Crippen molar-refractivity contribution in [1.82, 2.24) is 9.47 Å². The zero-order chi connectivity index (χ0) is 27.1. The zero-order valence-electron chi connectivity index (χ0n) is 23.3. The van der Waals surface area contributed by atoms with Crippen LogP contribution in [0.2, 0.25) is 0 Å². The third kappa shape index (κ3) is 3.89. The van der Waals surface area contributed by atoms with Crippen LogP contribution in [-0.4, -0.2) is 53.1 Å². The molecule has 208 valence electrons. The summed E-state index contributed by atoms with van der Waals surface area (Å²) in [5, 5.41) is 2.31. The number of hydrogen-bond acceptors (Lipinski definition) is 5. The van der Waals surface area contributed by atoms with E-state index in [9.17, 15) is 4.79 Å². The number of nitrogens with two attached hydrogens (primary N) is 2. The van der Waals surface area contributed by atoms with Crippen molar-refractivity contribution < 1.29 is 9.21 Å². The van der Waals surface area contributed by atoms with Gasteiger partial charge in [0.15, 0.2) is 5.76 Å². The van der Waals surface area contributed by atoms with Gasteiger partial charge in [-0.1, -0.05) is 12.1 Å². The standard InChI is InChI=1S/C33H39N5O2/c1-19-26-8-5-22(33(39)38-18-23-6-9-27(38)31(23)35)15-30(26)40-32(19)29-14-21-4-7-25(36-12-10-24(34)11-13-36)16-28(21)37(29)17-20-2-3-20/h4-5,7-8,14-16,20,23-24,27,31H,2-3,6,9-13,17-18,34-35H2,1H3/t23?,27?,31-/m1/s1. The van der Waals surface area contributed by atoms with Gasteiger partial charge in [0.2, 0.25) is 0 Å². The number of carbonyl (C=O) groups excluding carboxylic acids is 1. The summed E-state index contributed by atoms with van der Waals surface area (Å²) in [6.07, 6.45) is 6.81. The van der Waals surface area contributed by atoms with Crippen LogP contribution in [0, 0.1) is 18.8 Å². The van der Waals surface area contributed by atoms with Crippen LogP contribution in [0.1, 0.15) is 54.4 Å². The second kappa shape index (κ2) is 9.11. The summed E-state index contributed by atoms with van der Waals surface area (Å²) >= 11 is 0. The lowest BCUT2D eigenvalue weighted by Gasteiger charge is -2.32. The molecule has 2 saturated heterocycles. The molecule has 4 N–H and O–H groups in total. The molecule has 2 aromatic carbocycles. The molecule has 2 aliphatic carbocycles. The maximum atomic E-state index is 13.5. The van der Waals surface area contributed by atoms with Crippen LogP contribution >= 0.6 is 0 Å². The number of carbonyl (C=O) groups is 1. The number of benzene rings is 2. The van der Waals surface area contributed by atoms with Crippen molar-refractivity contribution in [3.63, 3.8) is 0 Å². The molecule has 3 atom stereocenters. The van der Waals surface area contributed by atoms with Crippen molar-refractivity contribution in [2.75, 3.05) is 24.5 Å². The van der Waals surface area contributed by atoms with Crippen molar-refractivity contribution in [3.05, 3.63) is 53.6 Å². The van der Waals surface area contributed by atoms with Crippen LogP contribution < -0.4 is 16.4 Å². The molecule has 2 aliphatic heterocycles. The number of rotatable bonds is 5. The molecule has 7 heteroatoms. The quantitative estimate of drug-likeness (QED) is 0.362. The number of likely N-dealkylation sites (tertiary alicyclic amines) is 1. The second-order valence-corrected chi connectivity index (χ2v) is 12.9. The summed E-state index contributed by atoms with van der Waals surface area (Å²) in [5.41, 5.74) is 18.8. The van der Waals surface area contributed by atoms with Crippen molar-refractivity contribution >= 4 is 33.5 Å². The minimum absolute atomic E-state index is 0.0780. The van der Waals surface area contributed by atoms with Crippen LogP contribution in [-0.2, 0) is 6.54 Å². The highest BCUT2D eigenvalue weighted by Crippen LogP contribution is 2.41. The number of furan rings is 1. The Labute approximate surface area is 235 Å². The highest BCUT2D eigenvalue weighted by molar-refractivity contribution is 6.00. The van der Waals surface area contributed by atoms with E-state index in [4.69, 9.17) is 15.9 Å². The molecule has 4 aromatic rings. The Hall–Kier alpha value is -3.29. The van der Waals surface area contributed by atoms with Gasteiger partial charge < -0.3 is 30.3 Å². The van der Waals surface area contributed by atoms with Crippen LogP contribution in [0.25, 0.3) is 33.3 Å². The van der Waals surface area contributed by atoms with E-state index in [0.29, 0.717) is 17.5 Å². The molecule has 1 amide bonds. The normalized spacial score (nSPS) is 25.1. The van der Waals surface area contributed by atoms with Crippen LogP contribution in [0.4, 0.5) is 5.69 Å². The third-order valence-corrected chi connectivity index (χ3v) is 10.3. The number of aryl methyl sites for hydroxylation is 1. The van der Waals surface area contributed by atoms with Crippen LogP contribution in [0.5, 0.6) is 0 Å². The molecule has 4 heterocycles. The predicted octanol–water partition coefficient (Wildman–Crippen LogP) is 5.26. The van der Waals surface area contributed by atoms with Crippen molar-refractivity contribution in [2.45, 2.75) is 70.1 Å². The molecule has 2 aromatic heterocycles. The fourth-order valence-corrected chi connectivity index (χ4v) is 7.59. The summed E-state index contributed by atoms with van der Waals surface area (Å²) in [7, 11) is 0. The van der Waals surface area contributed by atoms with Gasteiger partial charge in [-0.15, -0.1) is 0 Å². The maximum Gasteiger partial charge on any atom is 0.254 e. The topological polar surface area (TPSA) is 93.7 Å². The van der Waals surface area contributed by atoms with E-state index in [1.54, 1.807) is 0 Å². The van der Waals surface area contributed by atoms with Crippen molar-refractivity contribution in [2.24, 2.45) is 23.3 Å². The monoisotopic (exact) mass is 537 g/mol. The zero-order valence-corrected chi connectivity index (χ0v) is 23.3. The highest BCUT2D eigenvalue weighted by atomic mass is 16.3. The van der Waals surface area contributed by atoms with Gasteiger partial charge in [0.25, 0.3) is 5.91 Å². The Morgan fingerprint density at radius 1 is 0.975 bits per heavy atom. The Balaban J connectivity index is 1.17. The first-order chi connectivity index (χ1) is 19.4. The van der Waals surface area contributed by atoms with Crippen LogP contribution in [0.15, 0.2) is 46.9 Å². The molecule has 2 bridgehead atoms. The van der Waals surface area contributed by atoms with E-state index in [1.165, 1.54) is 29.4 Å². The Morgan fingerprint density at radius 3 is 2.52 bits per heavy atom. The second-order valence-electron chi connectivity index (χ2n) is 12.9. The van der Waals surface area contributed by atoms with E-state index in [1.807, 2.05) is 17.0 Å². The molecular weight excluding hydrogens is 498 g/mol. The Bertz CT molecular complexity index is 1620. The van der Waals surface area contributed by atoms with Gasteiger partial charge in [-0.05, 0) is 87.6 Å². The van der Waals surface area contributed by atoms with Gasteiger partial charge in [0.05, 0.1) is 11.2 Å². The number of anilines is 1. The average Bonchev–Trinajstić information content (AvgIpc) is 3.38. The molecule has 4 fully saturated rings. The lowest BCUT2D eigenvalue weighted by molar-refractivity contribution is 0.0700. The van der Waals surface area contributed by atoms with Crippen LogP contribution in [0.3, 0.4) is 0 Å². The number of piperidine rings is 2. The van der Waals surface area contributed by atoms with Gasteiger partial charge in [0.1, 0.15) is 5.58 Å². The minimum Gasteiger partial charge on any atom is -0.454 e. The fourth-order valence-electron chi connectivity index (χ4n) is 7.59. The minimum atomic E-state index is 0.0780. The summed E-state index contributed by atoms with van der Waals surface area (Å²) in [6, 6.07) is 15.7. The molecule has 2 unspecified atom stereocenters. The lowest BCUT2D eigenvalue weighted by atomic mass is 10.1. The van der Waals surface area contributed by atoms with E-state index in [0.717, 1.165) is 85.8 Å². The molecule has 8 rings (SSSR count). The first-order valence-corrected chi connectivity index (χ1v) is 15.2. The van der Waals surface area contributed by atoms with Gasteiger partial charge in [-0.3, -0.25) is 4.79 Å². The van der Waals surface area contributed by atoms with E-state index in [-0.39, 0.29) is 18.0 Å². The molecule has 7 nitrogen and oxygen atoms in total. The maximum absolute atomic E-state index is 13.5. The van der Waals surface area contributed by atoms with Gasteiger partial charge >= 0.3 is 0 Å². The SMILES string of the molecule is Cc1c(-c2cc3ccc(N4CCC(N)CC4)cc3n2CC2CC2)oc2cc(C(=O)N3CC4CCC3[C@@H]4N)ccc12. The lowest BCUT2D eigenvalue weighted by Crippen LogP contribution is -2.41. The predicted molar refractivity (Wildman–Crippen MR) is 160 cm³/mol. The fraction of sp³-hybridized carbons (Fsp3) is 0.485. The largest absolute Gasteiger partial charge is 0.454 e. The van der Waals surface area contributed by atoms with E-state index < -0.39 is 0 Å². The number of fused-ring (bicyclic) bond motifs is 4. The summed E-state index contributed by atoms with van der Waals surface area (Å²) < 4.78 is 9.09. The summed E-state index contributed by atoms with van der Waals surface area (Å²) in [4.78, 5) is 18.0. The number of hydrogen-bond donors (Lipinski definition) is 2. The average molecular weight is 538 g/mol.